The number of halogens is 2. The molecule has 0 saturated heterocycles. The summed E-state index contributed by atoms with van der Waals surface area (Å²) in [5.74, 6) is 1.09. The van der Waals surface area contributed by atoms with Crippen LogP contribution < -0.4 is 0 Å². The number of hydrogen-bond donors (Lipinski definition) is 0. The van der Waals surface area contributed by atoms with E-state index in [4.69, 9.17) is 0 Å². The molecule has 112 valence electrons. The minimum absolute atomic E-state index is 0.240. The van der Waals surface area contributed by atoms with Gasteiger partial charge in [0.25, 0.3) is 0 Å². The van der Waals surface area contributed by atoms with E-state index in [0.29, 0.717) is 11.8 Å². The van der Waals surface area contributed by atoms with E-state index in [-0.39, 0.29) is 4.83 Å². The van der Waals surface area contributed by atoms with Gasteiger partial charge in [-0.25, -0.2) is 0 Å². The minimum Gasteiger partial charge on any atom is -0.0786 e. The molecule has 0 aliphatic heterocycles. The van der Waals surface area contributed by atoms with Gasteiger partial charge in [-0.2, -0.15) is 0 Å². The smallest absolute Gasteiger partial charge is 0.0647 e. The average molecular weight is 410 g/mol. The van der Waals surface area contributed by atoms with Crippen LogP contribution in [0.25, 0.3) is 0 Å². The molecule has 21 heavy (non-hydrogen) atoms. The highest BCUT2D eigenvalue weighted by atomic mass is 79.9. The van der Waals surface area contributed by atoms with Gasteiger partial charge in [-0.05, 0) is 46.2 Å². The van der Waals surface area contributed by atoms with Gasteiger partial charge in [-0.15, -0.1) is 0 Å². The summed E-state index contributed by atoms with van der Waals surface area (Å²) in [6.45, 7) is 9.04. The fraction of sp³-hybridized carbons (Fsp3) is 0.368. The standard InChI is InChI=1S/C19H22Br2/c1-12(2)15-7-10-17(18(11-15)13(3)4)19(21)14-5-8-16(20)9-6-14/h5-13,19H,1-4H3. The highest BCUT2D eigenvalue weighted by molar-refractivity contribution is 9.10. The van der Waals surface area contributed by atoms with E-state index in [1.807, 2.05) is 0 Å². The predicted octanol–water partition coefficient (Wildman–Crippen LogP) is 7.18. The lowest BCUT2D eigenvalue weighted by molar-refractivity contribution is 0.820. The van der Waals surface area contributed by atoms with Gasteiger partial charge >= 0.3 is 0 Å². The van der Waals surface area contributed by atoms with Gasteiger partial charge in [-0.3, -0.25) is 0 Å². The molecule has 2 heteroatoms. The summed E-state index contributed by atoms with van der Waals surface area (Å²) >= 11 is 7.38. The lowest BCUT2D eigenvalue weighted by Crippen LogP contribution is -2.02. The van der Waals surface area contributed by atoms with Crippen LogP contribution in [-0.4, -0.2) is 0 Å². The number of rotatable bonds is 4. The Kier molecular flexibility index (Phi) is 5.67. The van der Waals surface area contributed by atoms with E-state index in [0.717, 1.165) is 4.47 Å². The maximum absolute atomic E-state index is 3.88. The van der Waals surface area contributed by atoms with Crippen LogP contribution in [0.5, 0.6) is 0 Å². The molecule has 0 fully saturated rings. The Hall–Kier alpha value is -0.600. The van der Waals surface area contributed by atoms with Crippen molar-refractivity contribution in [1.82, 2.24) is 0 Å². The normalized spacial score (nSPS) is 13.0. The molecule has 0 aliphatic rings. The van der Waals surface area contributed by atoms with Crippen LogP contribution in [0.1, 0.15) is 66.6 Å². The lowest BCUT2D eigenvalue weighted by atomic mass is 9.89. The molecule has 0 N–H and O–H groups in total. The van der Waals surface area contributed by atoms with Crippen molar-refractivity contribution >= 4 is 31.9 Å². The van der Waals surface area contributed by atoms with E-state index in [1.165, 1.54) is 22.3 Å². The zero-order chi connectivity index (χ0) is 15.6. The molecule has 2 rings (SSSR count). The second-order valence-corrected chi connectivity index (χ2v) is 7.94. The fourth-order valence-electron chi connectivity index (χ4n) is 2.49. The summed E-state index contributed by atoms with van der Waals surface area (Å²) in [5.41, 5.74) is 5.51. The summed E-state index contributed by atoms with van der Waals surface area (Å²) in [7, 11) is 0. The van der Waals surface area contributed by atoms with Crippen LogP contribution in [0.4, 0.5) is 0 Å². The first kappa shape index (κ1) is 16.8. The summed E-state index contributed by atoms with van der Waals surface area (Å²) in [6.07, 6.45) is 0. The second kappa shape index (κ2) is 7.11. The minimum atomic E-state index is 0.240. The van der Waals surface area contributed by atoms with Gasteiger partial charge in [0.15, 0.2) is 0 Å². The fourth-order valence-corrected chi connectivity index (χ4v) is 3.48. The summed E-state index contributed by atoms with van der Waals surface area (Å²) in [6, 6.07) is 15.5. The topological polar surface area (TPSA) is 0 Å². The van der Waals surface area contributed by atoms with Crippen LogP contribution in [0.3, 0.4) is 0 Å². The molecule has 0 heterocycles. The summed E-state index contributed by atoms with van der Waals surface area (Å²) in [4.78, 5) is 0.240. The highest BCUT2D eigenvalue weighted by Crippen LogP contribution is 2.37. The molecule has 2 aromatic rings. The first-order valence-corrected chi connectivity index (χ1v) is 9.14. The number of benzene rings is 2. The SMILES string of the molecule is CC(C)c1ccc(C(Br)c2ccc(Br)cc2)c(C(C)C)c1. The quantitative estimate of drug-likeness (QED) is 0.469. The molecule has 0 amide bonds. The number of alkyl halides is 1. The third-order valence-corrected chi connectivity index (χ3v) is 5.39. The molecule has 0 aromatic heterocycles. The summed E-state index contributed by atoms with van der Waals surface area (Å²) in [5, 5.41) is 0. The van der Waals surface area contributed by atoms with Crippen molar-refractivity contribution in [2.75, 3.05) is 0 Å². The van der Waals surface area contributed by atoms with Gasteiger partial charge in [-0.1, -0.05) is 89.9 Å². The molecule has 0 radical (unpaired) electrons. The molecular formula is C19H22Br2. The molecule has 0 spiro atoms. The summed E-state index contributed by atoms with van der Waals surface area (Å²) < 4.78 is 1.12. The highest BCUT2D eigenvalue weighted by Gasteiger charge is 2.17. The van der Waals surface area contributed by atoms with Crippen LogP contribution in [0.15, 0.2) is 46.9 Å². The second-order valence-electron chi connectivity index (χ2n) is 6.11. The Balaban J connectivity index is 2.44. The van der Waals surface area contributed by atoms with E-state index in [9.17, 15) is 0 Å². The Morgan fingerprint density at radius 2 is 1.29 bits per heavy atom. The Morgan fingerprint density at radius 1 is 0.714 bits per heavy atom. The maximum Gasteiger partial charge on any atom is 0.0647 e. The van der Waals surface area contributed by atoms with Gasteiger partial charge < -0.3 is 0 Å². The van der Waals surface area contributed by atoms with Crippen molar-refractivity contribution in [2.24, 2.45) is 0 Å². The molecule has 0 saturated carbocycles. The van der Waals surface area contributed by atoms with E-state index in [2.05, 4.69) is 102 Å². The first-order chi connectivity index (χ1) is 9.90. The monoisotopic (exact) mass is 408 g/mol. The molecule has 0 nitrogen and oxygen atoms in total. The average Bonchev–Trinajstić information content (AvgIpc) is 2.46. The van der Waals surface area contributed by atoms with Crippen molar-refractivity contribution in [3.05, 3.63) is 69.2 Å². The largest absolute Gasteiger partial charge is 0.0786 e. The molecular weight excluding hydrogens is 388 g/mol. The van der Waals surface area contributed by atoms with Crippen LogP contribution in [0.2, 0.25) is 0 Å². The zero-order valence-electron chi connectivity index (χ0n) is 13.0. The first-order valence-electron chi connectivity index (χ1n) is 7.43. The van der Waals surface area contributed by atoms with Crippen molar-refractivity contribution in [3.63, 3.8) is 0 Å². The molecule has 1 atom stereocenters. The Morgan fingerprint density at radius 3 is 1.81 bits per heavy atom. The van der Waals surface area contributed by atoms with Crippen LogP contribution in [-0.2, 0) is 0 Å². The van der Waals surface area contributed by atoms with Gasteiger partial charge in [0.2, 0.25) is 0 Å². The maximum atomic E-state index is 3.88. The van der Waals surface area contributed by atoms with Crippen LogP contribution >= 0.6 is 31.9 Å². The van der Waals surface area contributed by atoms with Crippen molar-refractivity contribution < 1.29 is 0 Å². The number of hydrogen-bond acceptors (Lipinski definition) is 0. The van der Waals surface area contributed by atoms with E-state index < -0.39 is 0 Å². The van der Waals surface area contributed by atoms with Crippen molar-refractivity contribution in [2.45, 2.75) is 44.4 Å². The zero-order valence-corrected chi connectivity index (χ0v) is 16.2. The third kappa shape index (κ3) is 3.98. The van der Waals surface area contributed by atoms with E-state index >= 15 is 0 Å². The van der Waals surface area contributed by atoms with Gasteiger partial charge in [0, 0.05) is 4.47 Å². The van der Waals surface area contributed by atoms with Gasteiger partial charge in [0.1, 0.15) is 0 Å². The predicted molar refractivity (Wildman–Crippen MR) is 99.5 cm³/mol. The molecule has 1 unspecified atom stereocenters. The van der Waals surface area contributed by atoms with Crippen LogP contribution in [0, 0.1) is 0 Å². The lowest BCUT2D eigenvalue weighted by Gasteiger charge is -2.20. The van der Waals surface area contributed by atoms with Crippen molar-refractivity contribution in [1.29, 1.82) is 0 Å². The third-order valence-electron chi connectivity index (χ3n) is 3.84. The Bertz CT molecular complexity index is 597. The molecule has 0 aliphatic carbocycles. The van der Waals surface area contributed by atoms with Gasteiger partial charge in [0.05, 0.1) is 4.83 Å². The van der Waals surface area contributed by atoms with E-state index in [1.54, 1.807) is 0 Å². The molecule has 2 aromatic carbocycles. The Labute approximate surface area is 145 Å². The van der Waals surface area contributed by atoms with Crippen molar-refractivity contribution in [3.8, 4) is 0 Å². The molecule has 0 bridgehead atoms.